The SMILES string of the molecule is Brc1cccc(-c2ccc3c(c2)sc2c4ccccc4ccc32)c1.CC(=O)O.CS(=O)c1c(-c2ccc(-c3cccc(Br)c3)cc2)ccc2ccccc12.CSc1c(-c2ccc(-c3cccc(Br)c3)cc2)ccc2ccccc12.CSc1c(I)ccc2ccccc12.O=S(=O)(O)C(F)(F)F.OB(O)c1ccc(-c2cccc(Br)c2)cc1.OO. The summed E-state index contributed by atoms with van der Waals surface area (Å²) in [5.74, 6) is -0.833. The average Bonchev–Trinajstić information content (AvgIpc) is 1.66. The van der Waals surface area contributed by atoms with Gasteiger partial charge in [0.1, 0.15) is 0 Å². The Hall–Kier alpha value is -8.65. The molecule has 1 heterocycles. The molecule has 17 rings (SSSR count). The first kappa shape index (κ1) is 91.7. The summed E-state index contributed by atoms with van der Waals surface area (Å²) in [6, 6.07) is 116. The maximum atomic E-state index is 12.5. The summed E-state index contributed by atoms with van der Waals surface area (Å²) >= 11 is 22.0. The monoisotopic (exact) mass is 2030 g/mol. The predicted octanol–water partition coefficient (Wildman–Crippen LogP) is 28.4. The van der Waals surface area contributed by atoms with E-state index in [1.807, 2.05) is 102 Å². The number of alkyl halides is 3. The molecule has 0 amide bonds. The lowest BCUT2D eigenvalue weighted by Gasteiger charge is -2.12. The van der Waals surface area contributed by atoms with Gasteiger partial charge in [0, 0.05) is 64.6 Å². The highest BCUT2D eigenvalue weighted by molar-refractivity contribution is 14.1. The minimum Gasteiger partial charge on any atom is -0.481 e. The number of thiophene rings is 1. The summed E-state index contributed by atoms with van der Waals surface area (Å²) in [5, 5.41) is 50.2. The summed E-state index contributed by atoms with van der Waals surface area (Å²) < 4.78 is 78.4. The van der Waals surface area contributed by atoms with Crippen LogP contribution in [0.4, 0.5) is 13.2 Å². The van der Waals surface area contributed by atoms with E-state index in [0.717, 1.165) is 68.3 Å². The fraction of sp³-hybridized carbons (Fsp3) is 0.0532. The number of rotatable bonds is 10. The van der Waals surface area contributed by atoms with Crippen molar-refractivity contribution in [1.82, 2.24) is 0 Å². The standard InChI is InChI=1S/C23H17BrOS.C23H17BrS.C22H13BrS.C12H10BBrO2.C11H9IS.C2H4O2.CHF3O3S.H2O2/c1-26(25)23-21-8-3-2-5-17(21)13-14-22(23)18-11-9-16(10-12-18)19-6-4-7-20(24)15-19;1-25-23-21-8-3-2-5-17(21)13-14-22(23)18-11-9-16(10-12-18)19-6-4-7-20(24)15-19;23-17-6-3-5-15(12-17)16-9-10-19-20-11-8-14-4-1-2-7-18(14)22(20)24-21(19)13-16;14-12-3-1-2-10(8-12)9-4-6-11(7-5-9)13(15)16;1-13-11-9-5-3-2-4-8(9)6-7-10(11)12;1-2(3)4;2-1(3,4)8(5,6)7;1-2/h2-15H,1H3;2-15H,1H3;1-13H;1-8,15-16H;2-7H,1H3;1H3,(H,3,4);(H,5,6,7);1-2H. The molecule has 1 atom stereocenters. The average molecular weight is 2040 g/mol. The second kappa shape index (κ2) is 43.5. The van der Waals surface area contributed by atoms with Gasteiger partial charge in [-0.1, -0.05) is 337 Å². The molecule has 0 aliphatic heterocycles. The molecule has 598 valence electrons. The number of benzene rings is 16. The molecule has 0 bridgehead atoms. The number of hydrogen-bond acceptors (Lipinski definition) is 11. The van der Waals surface area contributed by atoms with Crippen LogP contribution in [0.5, 0.6) is 0 Å². The number of carbonyl (C=O) groups is 1. The van der Waals surface area contributed by atoms with Crippen molar-refractivity contribution in [2.45, 2.75) is 27.1 Å². The third-order valence-corrected chi connectivity index (χ3v) is 25.9. The molecule has 0 fully saturated rings. The Morgan fingerprint density at radius 3 is 1.15 bits per heavy atom. The molecule has 0 spiro atoms. The molecule has 118 heavy (non-hydrogen) atoms. The molecule has 0 saturated heterocycles. The zero-order chi connectivity index (χ0) is 84.8. The largest absolute Gasteiger partial charge is 0.522 e. The van der Waals surface area contributed by atoms with Crippen LogP contribution in [0.25, 0.3) is 130 Å². The zero-order valence-corrected chi connectivity index (χ0v) is 75.8. The lowest BCUT2D eigenvalue weighted by atomic mass is 9.80. The Labute approximate surface area is 744 Å². The fourth-order valence-corrected chi connectivity index (χ4v) is 19.3. The van der Waals surface area contributed by atoms with Crippen molar-refractivity contribution in [3.8, 4) is 66.8 Å². The van der Waals surface area contributed by atoms with Crippen molar-refractivity contribution in [1.29, 1.82) is 0 Å². The molecule has 1 unspecified atom stereocenters. The highest BCUT2D eigenvalue weighted by atomic mass is 127. The maximum Gasteiger partial charge on any atom is 0.522 e. The molecule has 6 N–H and O–H groups in total. The zero-order valence-electron chi connectivity index (χ0n) is 63.2. The number of fused-ring (bicyclic) bond motifs is 8. The number of hydrogen-bond donors (Lipinski definition) is 6. The van der Waals surface area contributed by atoms with Crippen molar-refractivity contribution >= 4 is 224 Å². The summed E-state index contributed by atoms with van der Waals surface area (Å²) in [7, 11) is -8.31. The number of halogens is 8. The first-order valence-electron chi connectivity index (χ1n) is 35.8. The van der Waals surface area contributed by atoms with Gasteiger partial charge in [0.25, 0.3) is 5.97 Å². The van der Waals surface area contributed by atoms with Crippen LogP contribution in [0.1, 0.15) is 6.92 Å². The minimum absolute atomic E-state index is 0.499. The molecular formula is C94H73BBr4F3IO10S5. The van der Waals surface area contributed by atoms with Crippen LogP contribution >= 0.6 is 121 Å². The Morgan fingerprint density at radius 1 is 0.415 bits per heavy atom. The lowest BCUT2D eigenvalue weighted by molar-refractivity contribution is -0.176. The molecule has 0 aliphatic rings. The van der Waals surface area contributed by atoms with Gasteiger partial charge < -0.3 is 15.2 Å². The molecule has 17 aromatic rings. The second-order valence-corrected chi connectivity index (χ2v) is 36.1. The third-order valence-electron chi connectivity index (χ3n) is 18.2. The van der Waals surface area contributed by atoms with Gasteiger partial charge in [0.15, 0.2) is 0 Å². The summed E-state index contributed by atoms with van der Waals surface area (Å²) in [6.07, 6.45) is 6.03. The van der Waals surface area contributed by atoms with Crippen molar-refractivity contribution in [3.63, 3.8) is 0 Å². The topological polar surface area (TPSA) is 190 Å². The lowest BCUT2D eigenvalue weighted by Crippen LogP contribution is -2.29. The first-order valence-corrected chi connectivity index (χ1v) is 46.3. The van der Waals surface area contributed by atoms with Crippen LogP contribution in [0.3, 0.4) is 0 Å². The second-order valence-electron chi connectivity index (χ2n) is 25.9. The highest BCUT2D eigenvalue weighted by Crippen LogP contribution is 2.42. The predicted molar refractivity (Wildman–Crippen MR) is 513 cm³/mol. The van der Waals surface area contributed by atoms with E-state index in [-0.39, 0.29) is 0 Å². The van der Waals surface area contributed by atoms with Crippen LogP contribution < -0.4 is 5.46 Å². The van der Waals surface area contributed by atoms with Gasteiger partial charge in [0.2, 0.25) is 0 Å². The quantitative estimate of drug-likeness (QED) is 0.0145. The van der Waals surface area contributed by atoms with Crippen LogP contribution in [0.2, 0.25) is 0 Å². The molecule has 16 aromatic carbocycles. The molecule has 24 heteroatoms. The number of carboxylic acid groups (broad SMARTS) is 1. The van der Waals surface area contributed by atoms with Crippen LogP contribution in [-0.2, 0) is 25.7 Å². The Morgan fingerprint density at radius 2 is 0.737 bits per heavy atom. The van der Waals surface area contributed by atoms with Crippen LogP contribution in [-0.4, -0.2) is 80.2 Å². The van der Waals surface area contributed by atoms with E-state index in [0.29, 0.717) is 5.46 Å². The molecule has 0 saturated carbocycles. The van der Waals surface area contributed by atoms with E-state index >= 15 is 0 Å². The summed E-state index contributed by atoms with van der Waals surface area (Å²) in [5.41, 5.74) is 9.07. The van der Waals surface area contributed by atoms with Gasteiger partial charge in [-0.15, -0.1) is 34.9 Å². The molecule has 10 nitrogen and oxygen atoms in total. The van der Waals surface area contributed by atoms with Crippen molar-refractivity contribution in [3.05, 3.63) is 355 Å². The van der Waals surface area contributed by atoms with Gasteiger partial charge in [0.05, 0.1) is 15.7 Å². The third kappa shape index (κ3) is 24.3. The Kier molecular flexibility index (Phi) is 33.8. The van der Waals surface area contributed by atoms with Gasteiger partial charge in [-0.3, -0.25) is 24.1 Å². The maximum absolute atomic E-state index is 12.5. The number of thioether (sulfide) groups is 2. The van der Waals surface area contributed by atoms with Crippen LogP contribution in [0, 0.1) is 3.57 Å². The van der Waals surface area contributed by atoms with E-state index in [1.165, 1.54) is 105 Å². The Balaban J connectivity index is 0.000000152. The molecule has 1 aromatic heterocycles. The normalized spacial score (nSPS) is 11.1. The van der Waals surface area contributed by atoms with Crippen molar-refractivity contribution in [2.75, 3.05) is 18.8 Å². The fourth-order valence-electron chi connectivity index (χ4n) is 12.8. The molecular weight excluding hydrogens is 1960 g/mol. The number of aliphatic carboxylic acids is 1. The van der Waals surface area contributed by atoms with Gasteiger partial charge in [-0.05, 0) is 211 Å². The smallest absolute Gasteiger partial charge is 0.481 e. The van der Waals surface area contributed by atoms with Crippen molar-refractivity contribution in [2.24, 2.45) is 0 Å². The first-order chi connectivity index (χ1) is 56.7. The van der Waals surface area contributed by atoms with E-state index < -0.39 is 39.5 Å². The summed E-state index contributed by atoms with van der Waals surface area (Å²) in [6.45, 7) is 1.08. The number of carboxylic acids is 1. The van der Waals surface area contributed by atoms with E-state index in [2.05, 4.69) is 354 Å². The van der Waals surface area contributed by atoms with E-state index in [1.54, 1.807) is 18.4 Å². The highest BCUT2D eigenvalue weighted by Gasteiger charge is 2.44. The van der Waals surface area contributed by atoms with Crippen molar-refractivity contribution < 1.29 is 60.8 Å². The summed E-state index contributed by atoms with van der Waals surface area (Å²) in [4.78, 5) is 12.6. The van der Waals surface area contributed by atoms with Gasteiger partial charge in [-0.25, -0.2) is 0 Å². The van der Waals surface area contributed by atoms with Crippen LogP contribution in [0.15, 0.2) is 366 Å². The Bertz CT molecular complexity index is 6480. The molecule has 0 radical (unpaired) electrons. The van der Waals surface area contributed by atoms with Gasteiger partial charge in [-0.2, -0.15) is 21.6 Å². The minimum atomic E-state index is -5.84. The van der Waals surface area contributed by atoms with Gasteiger partial charge >= 0.3 is 22.7 Å². The van der Waals surface area contributed by atoms with E-state index in [9.17, 15) is 17.4 Å². The molecule has 0 aliphatic carbocycles. The van der Waals surface area contributed by atoms with E-state index in [4.69, 9.17) is 43.4 Å².